The number of nitrogens with one attached hydrogen (secondary N) is 1. The SMILES string of the molecule is CC(CN)(NC(=O)c1ccc(Cl)cc1)C1CC1.Cl. The minimum atomic E-state index is -0.281. The van der Waals surface area contributed by atoms with E-state index >= 15 is 0 Å². The van der Waals surface area contributed by atoms with E-state index in [1.165, 1.54) is 0 Å². The predicted octanol–water partition coefficient (Wildman–Crippen LogP) is 2.62. The van der Waals surface area contributed by atoms with Crippen LogP contribution in [-0.4, -0.2) is 18.0 Å². The maximum atomic E-state index is 12.1. The molecule has 100 valence electrons. The lowest BCUT2D eigenvalue weighted by Crippen LogP contribution is -2.53. The average Bonchev–Trinajstić information content (AvgIpc) is 3.13. The van der Waals surface area contributed by atoms with Crippen molar-refractivity contribution in [3.8, 4) is 0 Å². The molecule has 1 saturated carbocycles. The topological polar surface area (TPSA) is 55.1 Å². The summed E-state index contributed by atoms with van der Waals surface area (Å²) >= 11 is 5.79. The molecular formula is C13H18Cl2N2O. The van der Waals surface area contributed by atoms with Crippen molar-refractivity contribution >= 4 is 29.9 Å². The van der Waals surface area contributed by atoms with Gasteiger partial charge in [-0.15, -0.1) is 12.4 Å². The van der Waals surface area contributed by atoms with Gasteiger partial charge in [-0.1, -0.05) is 11.6 Å². The fourth-order valence-electron chi connectivity index (χ4n) is 1.97. The Kier molecular flexibility index (Phi) is 5.02. The number of carbonyl (C=O) groups excluding carboxylic acids is 1. The molecular weight excluding hydrogens is 271 g/mol. The Morgan fingerprint density at radius 1 is 1.44 bits per heavy atom. The van der Waals surface area contributed by atoms with Crippen LogP contribution in [0.15, 0.2) is 24.3 Å². The molecule has 0 heterocycles. The lowest BCUT2D eigenvalue weighted by atomic mass is 9.95. The van der Waals surface area contributed by atoms with Crippen LogP contribution in [0.1, 0.15) is 30.1 Å². The van der Waals surface area contributed by atoms with E-state index in [4.69, 9.17) is 17.3 Å². The number of hydrogen-bond donors (Lipinski definition) is 2. The highest BCUT2D eigenvalue weighted by molar-refractivity contribution is 6.30. The molecule has 0 aromatic heterocycles. The number of benzene rings is 1. The van der Waals surface area contributed by atoms with E-state index < -0.39 is 0 Å². The zero-order chi connectivity index (χ0) is 12.5. The third-order valence-electron chi connectivity index (χ3n) is 3.41. The Labute approximate surface area is 118 Å². The Bertz CT molecular complexity index is 418. The molecule has 0 aliphatic heterocycles. The molecule has 3 N–H and O–H groups in total. The first-order valence-electron chi connectivity index (χ1n) is 5.83. The highest BCUT2D eigenvalue weighted by atomic mass is 35.5. The maximum absolute atomic E-state index is 12.1. The molecule has 1 fully saturated rings. The second-order valence-corrected chi connectivity index (χ2v) is 5.29. The normalized spacial score (nSPS) is 17.5. The van der Waals surface area contributed by atoms with Crippen molar-refractivity contribution < 1.29 is 4.79 Å². The highest BCUT2D eigenvalue weighted by Crippen LogP contribution is 2.39. The van der Waals surface area contributed by atoms with Crippen molar-refractivity contribution in [2.75, 3.05) is 6.54 Å². The summed E-state index contributed by atoms with van der Waals surface area (Å²) in [5.74, 6) is 0.435. The average molecular weight is 289 g/mol. The van der Waals surface area contributed by atoms with Crippen LogP contribution in [0.25, 0.3) is 0 Å². The van der Waals surface area contributed by atoms with Crippen LogP contribution >= 0.6 is 24.0 Å². The number of amides is 1. The number of nitrogens with two attached hydrogens (primary N) is 1. The summed E-state index contributed by atoms with van der Waals surface area (Å²) in [6.07, 6.45) is 2.29. The standard InChI is InChI=1S/C13H17ClN2O.ClH/c1-13(8-15,10-4-5-10)16-12(17)9-2-6-11(14)7-3-9;/h2-3,6-7,10H,4-5,8,15H2,1H3,(H,16,17);1H. The van der Waals surface area contributed by atoms with Gasteiger partial charge in [-0.2, -0.15) is 0 Å². The highest BCUT2D eigenvalue weighted by Gasteiger charge is 2.41. The summed E-state index contributed by atoms with van der Waals surface area (Å²) in [7, 11) is 0. The fraction of sp³-hybridized carbons (Fsp3) is 0.462. The minimum Gasteiger partial charge on any atom is -0.345 e. The summed E-state index contributed by atoms with van der Waals surface area (Å²) in [6, 6.07) is 6.88. The van der Waals surface area contributed by atoms with E-state index in [9.17, 15) is 4.79 Å². The first kappa shape index (κ1) is 15.3. The molecule has 2 rings (SSSR count). The number of halogens is 2. The summed E-state index contributed by atoms with van der Waals surface area (Å²) in [4.78, 5) is 12.1. The fourth-order valence-corrected chi connectivity index (χ4v) is 2.10. The molecule has 0 spiro atoms. The number of carbonyl (C=O) groups is 1. The maximum Gasteiger partial charge on any atom is 0.251 e. The molecule has 1 amide bonds. The van der Waals surface area contributed by atoms with Gasteiger partial charge in [-0.05, 0) is 49.9 Å². The second kappa shape index (κ2) is 5.91. The number of rotatable bonds is 4. The van der Waals surface area contributed by atoms with Gasteiger partial charge in [0.25, 0.3) is 5.91 Å². The van der Waals surface area contributed by atoms with Crippen molar-refractivity contribution in [1.82, 2.24) is 5.32 Å². The van der Waals surface area contributed by atoms with Crippen molar-refractivity contribution in [2.24, 2.45) is 11.7 Å². The van der Waals surface area contributed by atoms with Crippen LogP contribution in [0.5, 0.6) is 0 Å². The zero-order valence-corrected chi connectivity index (χ0v) is 11.9. The quantitative estimate of drug-likeness (QED) is 0.895. The second-order valence-electron chi connectivity index (χ2n) is 4.86. The van der Waals surface area contributed by atoms with Gasteiger partial charge in [0.15, 0.2) is 0 Å². The van der Waals surface area contributed by atoms with Gasteiger partial charge in [0, 0.05) is 17.1 Å². The molecule has 1 aliphatic carbocycles. The van der Waals surface area contributed by atoms with Gasteiger partial charge in [-0.3, -0.25) is 4.79 Å². The van der Waals surface area contributed by atoms with Crippen LogP contribution in [0.4, 0.5) is 0 Å². The van der Waals surface area contributed by atoms with E-state index in [0.29, 0.717) is 23.0 Å². The molecule has 1 aromatic rings. The third kappa shape index (κ3) is 3.37. The smallest absolute Gasteiger partial charge is 0.251 e. The predicted molar refractivity (Wildman–Crippen MR) is 76.3 cm³/mol. The van der Waals surface area contributed by atoms with Crippen molar-refractivity contribution in [1.29, 1.82) is 0 Å². The first-order valence-corrected chi connectivity index (χ1v) is 6.21. The molecule has 18 heavy (non-hydrogen) atoms. The third-order valence-corrected chi connectivity index (χ3v) is 3.66. The summed E-state index contributed by atoms with van der Waals surface area (Å²) in [5.41, 5.74) is 6.10. The van der Waals surface area contributed by atoms with Crippen LogP contribution in [-0.2, 0) is 0 Å². The molecule has 5 heteroatoms. The Morgan fingerprint density at radius 3 is 2.44 bits per heavy atom. The van der Waals surface area contributed by atoms with E-state index in [1.54, 1.807) is 24.3 Å². The molecule has 1 aromatic carbocycles. The summed E-state index contributed by atoms with van der Waals surface area (Å²) < 4.78 is 0. The summed E-state index contributed by atoms with van der Waals surface area (Å²) in [6.45, 7) is 2.48. The van der Waals surface area contributed by atoms with Gasteiger partial charge in [0.2, 0.25) is 0 Å². The van der Waals surface area contributed by atoms with E-state index in [1.807, 2.05) is 6.92 Å². The molecule has 3 nitrogen and oxygen atoms in total. The molecule has 1 atom stereocenters. The van der Waals surface area contributed by atoms with Gasteiger partial charge >= 0.3 is 0 Å². The van der Waals surface area contributed by atoms with E-state index in [-0.39, 0.29) is 23.9 Å². The van der Waals surface area contributed by atoms with Gasteiger partial charge in [0.05, 0.1) is 5.54 Å². The van der Waals surface area contributed by atoms with Crippen molar-refractivity contribution in [3.63, 3.8) is 0 Å². The van der Waals surface area contributed by atoms with E-state index in [0.717, 1.165) is 12.8 Å². The van der Waals surface area contributed by atoms with Crippen LogP contribution in [0.2, 0.25) is 5.02 Å². The lowest BCUT2D eigenvalue weighted by molar-refractivity contribution is 0.0898. The Hall–Kier alpha value is -0.770. The van der Waals surface area contributed by atoms with Gasteiger partial charge in [-0.25, -0.2) is 0 Å². The molecule has 1 aliphatic rings. The van der Waals surface area contributed by atoms with Gasteiger partial charge < -0.3 is 11.1 Å². The van der Waals surface area contributed by atoms with Gasteiger partial charge in [0.1, 0.15) is 0 Å². The lowest BCUT2D eigenvalue weighted by Gasteiger charge is -2.29. The molecule has 0 radical (unpaired) electrons. The molecule has 1 unspecified atom stereocenters. The largest absolute Gasteiger partial charge is 0.345 e. The molecule has 0 saturated heterocycles. The van der Waals surface area contributed by atoms with Crippen molar-refractivity contribution in [3.05, 3.63) is 34.9 Å². The van der Waals surface area contributed by atoms with Crippen LogP contribution < -0.4 is 11.1 Å². The van der Waals surface area contributed by atoms with Crippen LogP contribution in [0.3, 0.4) is 0 Å². The van der Waals surface area contributed by atoms with E-state index in [2.05, 4.69) is 5.32 Å². The number of hydrogen-bond acceptors (Lipinski definition) is 2. The molecule has 0 bridgehead atoms. The Morgan fingerprint density at radius 2 is 2.00 bits per heavy atom. The Balaban J connectivity index is 0.00000162. The summed E-state index contributed by atoms with van der Waals surface area (Å²) in [5, 5.41) is 3.66. The zero-order valence-electron chi connectivity index (χ0n) is 10.3. The minimum absolute atomic E-state index is 0. The first-order chi connectivity index (χ1) is 8.05. The van der Waals surface area contributed by atoms with Crippen molar-refractivity contribution in [2.45, 2.75) is 25.3 Å². The monoisotopic (exact) mass is 288 g/mol. The van der Waals surface area contributed by atoms with Crippen LogP contribution in [0, 0.1) is 5.92 Å².